The highest BCUT2D eigenvalue weighted by Crippen LogP contribution is 2.26. The summed E-state index contributed by atoms with van der Waals surface area (Å²) in [7, 11) is 2.10. The van der Waals surface area contributed by atoms with Crippen LogP contribution in [0.3, 0.4) is 0 Å². The Morgan fingerprint density at radius 1 is 1.36 bits per heavy atom. The molecule has 1 aromatic heterocycles. The largest absolute Gasteiger partial charge is 0.322 e. The van der Waals surface area contributed by atoms with Crippen LogP contribution in [0.4, 0.5) is 0 Å². The second-order valence-electron chi connectivity index (χ2n) is 6.10. The molecule has 3 rings (SSSR count). The molecule has 1 fully saturated rings. The van der Waals surface area contributed by atoms with E-state index in [9.17, 15) is 4.79 Å². The number of hydrogen-bond donors (Lipinski definition) is 1. The number of fused-ring (bicyclic) bond motifs is 1. The average Bonchev–Trinajstić information content (AvgIpc) is 2.48. The zero-order valence-corrected chi connectivity index (χ0v) is 13.7. The van der Waals surface area contributed by atoms with Gasteiger partial charge in [0.1, 0.15) is 5.82 Å². The van der Waals surface area contributed by atoms with Gasteiger partial charge >= 0.3 is 0 Å². The number of benzene rings is 1. The minimum atomic E-state index is -0.296. The van der Waals surface area contributed by atoms with Gasteiger partial charge in [0.05, 0.1) is 22.0 Å². The number of halogens is 1. The van der Waals surface area contributed by atoms with Crippen molar-refractivity contribution in [3.8, 4) is 0 Å². The van der Waals surface area contributed by atoms with Gasteiger partial charge in [-0.05, 0) is 52.0 Å². The van der Waals surface area contributed by atoms with Gasteiger partial charge < -0.3 is 10.6 Å². The maximum absolute atomic E-state index is 13.0. The molecule has 0 saturated carbocycles. The van der Waals surface area contributed by atoms with Crippen molar-refractivity contribution < 1.29 is 0 Å². The van der Waals surface area contributed by atoms with Gasteiger partial charge in [0, 0.05) is 6.04 Å². The molecular weight excluding hydrogens is 300 g/mol. The van der Waals surface area contributed by atoms with Crippen LogP contribution in [-0.4, -0.2) is 34.6 Å². The molecule has 1 atom stereocenters. The van der Waals surface area contributed by atoms with Crippen LogP contribution < -0.4 is 11.3 Å². The van der Waals surface area contributed by atoms with E-state index in [4.69, 9.17) is 17.3 Å². The number of nitrogens with two attached hydrogens (primary N) is 1. The van der Waals surface area contributed by atoms with E-state index in [0.717, 1.165) is 25.9 Å². The van der Waals surface area contributed by atoms with E-state index in [1.54, 1.807) is 10.6 Å². The fourth-order valence-corrected chi connectivity index (χ4v) is 3.40. The van der Waals surface area contributed by atoms with Gasteiger partial charge in [0.25, 0.3) is 5.56 Å². The van der Waals surface area contributed by atoms with Gasteiger partial charge in [-0.1, -0.05) is 17.7 Å². The fourth-order valence-electron chi connectivity index (χ4n) is 3.15. The van der Waals surface area contributed by atoms with E-state index in [1.165, 1.54) is 0 Å². The summed E-state index contributed by atoms with van der Waals surface area (Å²) in [4.78, 5) is 19.9. The number of hydrogen-bond acceptors (Lipinski definition) is 4. The lowest BCUT2D eigenvalue weighted by Gasteiger charge is -2.32. The van der Waals surface area contributed by atoms with Gasteiger partial charge in [-0.2, -0.15) is 0 Å². The van der Waals surface area contributed by atoms with Crippen LogP contribution in [0, 0.1) is 0 Å². The molecule has 0 amide bonds. The summed E-state index contributed by atoms with van der Waals surface area (Å²) in [5.74, 6) is 0.648. The monoisotopic (exact) mass is 320 g/mol. The van der Waals surface area contributed by atoms with Crippen molar-refractivity contribution in [2.45, 2.75) is 31.8 Å². The first-order valence-corrected chi connectivity index (χ1v) is 8.01. The molecular formula is C16H21ClN4O. The third-order valence-corrected chi connectivity index (χ3v) is 4.68. The highest BCUT2D eigenvalue weighted by Gasteiger charge is 2.25. The van der Waals surface area contributed by atoms with Gasteiger partial charge in [-0.3, -0.25) is 9.36 Å². The van der Waals surface area contributed by atoms with Crippen molar-refractivity contribution >= 4 is 22.5 Å². The lowest BCUT2D eigenvalue weighted by Crippen LogP contribution is -2.38. The second-order valence-corrected chi connectivity index (χ2v) is 6.51. The van der Waals surface area contributed by atoms with Crippen molar-refractivity contribution in [2.24, 2.45) is 5.73 Å². The fraction of sp³-hybridized carbons (Fsp3) is 0.500. The van der Waals surface area contributed by atoms with Crippen LogP contribution in [0.2, 0.25) is 5.02 Å². The molecule has 5 nitrogen and oxygen atoms in total. The summed E-state index contributed by atoms with van der Waals surface area (Å²) in [6.45, 7) is 3.80. The number of likely N-dealkylation sites (tertiary alicyclic amines) is 1. The van der Waals surface area contributed by atoms with Crippen molar-refractivity contribution in [1.82, 2.24) is 14.5 Å². The molecule has 0 radical (unpaired) electrons. The SMILES string of the molecule is CC(N)c1nc2cccc(Cl)c2c(=O)n1C1CCN(C)CC1. The molecule has 0 aliphatic carbocycles. The maximum Gasteiger partial charge on any atom is 0.263 e. The minimum Gasteiger partial charge on any atom is -0.322 e. The predicted molar refractivity (Wildman–Crippen MR) is 89.4 cm³/mol. The van der Waals surface area contributed by atoms with Crippen molar-refractivity contribution in [2.75, 3.05) is 20.1 Å². The first-order chi connectivity index (χ1) is 10.5. The third kappa shape index (κ3) is 2.64. The first-order valence-electron chi connectivity index (χ1n) is 7.64. The molecule has 2 heterocycles. The molecule has 1 unspecified atom stereocenters. The number of nitrogens with zero attached hydrogens (tertiary/aromatic N) is 3. The van der Waals surface area contributed by atoms with Crippen molar-refractivity contribution in [3.63, 3.8) is 0 Å². The van der Waals surface area contributed by atoms with E-state index in [0.29, 0.717) is 21.7 Å². The van der Waals surface area contributed by atoms with Crippen LogP contribution in [0.5, 0.6) is 0 Å². The van der Waals surface area contributed by atoms with Crippen LogP contribution in [0.1, 0.15) is 37.7 Å². The Balaban J connectivity index is 2.22. The van der Waals surface area contributed by atoms with Crippen LogP contribution in [0.15, 0.2) is 23.0 Å². The quantitative estimate of drug-likeness (QED) is 0.922. The molecule has 1 saturated heterocycles. The lowest BCUT2D eigenvalue weighted by molar-refractivity contribution is 0.214. The lowest BCUT2D eigenvalue weighted by atomic mass is 10.0. The van der Waals surface area contributed by atoms with Gasteiger partial charge in [0.15, 0.2) is 0 Å². The average molecular weight is 321 g/mol. The summed E-state index contributed by atoms with van der Waals surface area (Å²) in [5, 5.41) is 0.945. The topological polar surface area (TPSA) is 64.1 Å². The van der Waals surface area contributed by atoms with Crippen molar-refractivity contribution in [1.29, 1.82) is 0 Å². The molecule has 1 aromatic carbocycles. The Kier molecular flexibility index (Phi) is 4.21. The molecule has 118 valence electrons. The number of aromatic nitrogens is 2. The number of piperidine rings is 1. The van der Waals surface area contributed by atoms with Crippen LogP contribution in [0.25, 0.3) is 10.9 Å². The Hall–Kier alpha value is -1.43. The Bertz CT molecular complexity index is 748. The highest BCUT2D eigenvalue weighted by molar-refractivity contribution is 6.35. The first kappa shape index (κ1) is 15.5. The summed E-state index contributed by atoms with van der Waals surface area (Å²) < 4.78 is 1.78. The summed E-state index contributed by atoms with van der Waals surface area (Å²) in [6.07, 6.45) is 1.85. The van der Waals surface area contributed by atoms with E-state index in [-0.39, 0.29) is 17.6 Å². The molecule has 6 heteroatoms. The molecule has 2 N–H and O–H groups in total. The van der Waals surface area contributed by atoms with Gasteiger partial charge in [-0.15, -0.1) is 0 Å². The van der Waals surface area contributed by atoms with E-state index in [2.05, 4.69) is 16.9 Å². The molecule has 2 aromatic rings. The van der Waals surface area contributed by atoms with E-state index < -0.39 is 0 Å². The molecule has 1 aliphatic rings. The zero-order chi connectivity index (χ0) is 15.9. The second kappa shape index (κ2) is 5.99. The minimum absolute atomic E-state index is 0.0718. The Labute approximate surface area is 134 Å². The highest BCUT2D eigenvalue weighted by atomic mass is 35.5. The summed E-state index contributed by atoms with van der Waals surface area (Å²) >= 11 is 6.24. The standard InChI is InChI=1S/C16H21ClN4O/c1-10(18)15-19-13-5-3-4-12(17)14(13)16(22)21(15)11-6-8-20(2)9-7-11/h3-5,10-11H,6-9,18H2,1-2H3. The third-order valence-electron chi connectivity index (χ3n) is 4.37. The normalized spacial score (nSPS) is 18.7. The smallest absolute Gasteiger partial charge is 0.263 e. The number of rotatable bonds is 2. The summed E-state index contributed by atoms with van der Waals surface area (Å²) in [5.41, 5.74) is 6.63. The van der Waals surface area contributed by atoms with Gasteiger partial charge in [0.2, 0.25) is 0 Å². The van der Waals surface area contributed by atoms with Crippen LogP contribution in [-0.2, 0) is 0 Å². The summed E-state index contributed by atoms with van der Waals surface area (Å²) in [6, 6.07) is 5.20. The predicted octanol–water partition coefficient (Wildman–Crippen LogP) is 2.34. The zero-order valence-electron chi connectivity index (χ0n) is 12.9. The van der Waals surface area contributed by atoms with Crippen LogP contribution >= 0.6 is 11.6 Å². The van der Waals surface area contributed by atoms with Gasteiger partial charge in [-0.25, -0.2) is 4.98 Å². The molecule has 0 spiro atoms. The molecule has 22 heavy (non-hydrogen) atoms. The molecule has 0 bridgehead atoms. The van der Waals surface area contributed by atoms with E-state index in [1.807, 2.05) is 19.1 Å². The Morgan fingerprint density at radius 2 is 2.05 bits per heavy atom. The maximum atomic E-state index is 13.0. The van der Waals surface area contributed by atoms with E-state index >= 15 is 0 Å². The Morgan fingerprint density at radius 3 is 2.68 bits per heavy atom. The molecule has 1 aliphatic heterocycles. The van der Waals surface area contributed by atoms with Crippen molar-refractivity contribution in [3.05, 3.63) is 39.4 Å².